The minimum Gasteiger partial charge on any atom is -0.471 e. The van der Waals surface area contributed by atoms with E-state index in [9.17, 15) is 27.8 Å². The summed E-state index contributed by atoms with van der Waals surface area (Å²) in [6, 6.07) is 9.97. The van der Waals surface area contributed by atoms with Crippen LogP contribution in [0.15, 0.2) is 48.5 Å². The normalized spacial score (nSPS) is 19.4. The fourth-order valence-electron chi connectivity index (χ4n) is 4.81. The number of alkyl halides is 3. The molecule has 184 valence electrons. The zero-order chi connectivity index (χ0) is 25.1. The number of hydrogen-bond donors (Lipinski definition) is 2. The Kier molecular flexibility index (Phi) is 5.64. The SMILES string of the molecule is CC(C)c1nc2c(c(-c3ccc(F)cc3)c1C(O)c1ccc(C(F)(F)F)cc1)[C@@H](O)CC1(CC1)O2. The summed E-state index contributed by atoms with van der Waals surface area (Å²) in [5.41, 5.74) is 1.26. The van der Waals surface area contributed by atoms with Crippen molar-refractivity contribution in [1.29, 1.82) is 0 Å². The number of rotatable bonds is 4. The molecule has 8 heteroatoms. The lowest BCUT2D eigenvalue weighted by Gasteiger charge is -2.34. The van der Waals surface area contributed by atoms with Gasteiger partial charge in [0.25, 0.3) is 0 Å². The first kappa shape index (κ1) is 23.8. The monoisotopic (exact) mass is 487 g/mol. The highest BCUT2D eigenvalue weighted by Gasteiger charge is 2.52. The smallest absolute Gasteiger partial charge is 0.416 e. The van der Waals surface area contributed by atoms with Crippen molar-refractivity contribution in [3.8, 4) is 17.0 Å². The summed E-state index contributed by atoms with van der Waals surface area (Å²) in [5, 5.41) is 22.7. The first-order valence-electron chi connectivity index (χ1n) is 11.5. The van der Waals surface area contributed by atoms with E-state index >= 15 is 0 Å². The van der Waals surface area contributed by atoms with Gasteiger partial charge in [0.05, 0.1) is 22.9 Å². The first-order valence-corrected chi connectivity index (χ1v) is 11.5. The van der Waals surface area contributed by atoms with Gasteiger partial charge >= 0.3 is 6.18 Å². The quantitative estimate of drug-likeness (QED) is 0.415. The number of aromatic nitrogens is 1. The second-order valence-corrected chi connectivity index (χ2v) is 9.69. The fraction of sp³-hybridized carbons (Fsp3) is 0.370. The highest BCUT2D eigenvalue weighted by Crippen LogP contribution is 2.55. The zero-order valence-electron chi connectivity index (χ0n) is 19.2. The molecule has 5 rings (SSSR count). The molecular formula is C27H25F4NO3. The molecule has 2 heterocycles. The molecule has 0 amide bonds. The third-order valence-corrected chi connectivity index (χ3v) is 6.79. The highest BCUT2D eigenvalue weighted by atomic mass is 19.4. The van der Waals surface area contributed by atoms with Gasteiger partial charge in [-0.2, -0.15) is 13.2 Å². The number of pyridine rings is 1. The summed E-state index contributed by atoms with van der Waals surface area (Å²) in [4.78, 5) is 4.71. The van der Waals surface area contributed by atoms with Crippen LogP contribution in [0.2, 0.25) is 0 Å². The maximum Gasteiger partial charge on any atom is 0.416 e. The molecule has 35 heavy (non-hydrogen) atoms. The molecule has 0 saturated heterocycles. The van der Waals surface area contributed by atoms with Gasteiger partial charge in [0.15, 0.2) is 0 Å². The van der Waals surface area contributed by atoms with E-state index in [0.717, 1.165) is 25.0 Å². The predicted octanol–water partition coefficient (Wildman–Crippen LogP) is 6.46. The van der Waals surface area contributed by atoms with Crippen molar-refractivity contribution in [2.45, 2.75) is 63.0 Å². The third kappa shape index (κ3) is 4.29. The van der Waals surface area contributed by atoms with Gasteiger partial charge in [-0.05, 0) is 54.2 Å². The van der Waals surface area contributed by atoms with E-state index in [1.165, 1.54) is 24.3 Å². The first-order chi connectivity index (χ1) is 16.5. The van der Waals surface area contributed by atoms with Crippen molar-refractivity contribution in [2.75, 3.05) is 0 Å². The molecule has 1 aliphatic heterocycles. The minimum atomic E-state index is -4.50. The van der Waals surface area contributed by atoms with Gasteiger partial charge in [-0.15, -0.1) is 0 Å². The summed E-state index contributed by atoms with van der Waals surface area (Å²) in [7, 11) is 0. The number of fused-ring (bicyclic) bond motifs is 1. The van der Waals surface area contributed by atoms with Gasteiger partial charge < -0.3 is 14.9 Å². The molecule has 1 aromatic heterocycles. The molecule has 1 aliphatic carbocycles. The van der Waals surface area contributed by atoms with Crippen LogP contribution in [-0.4, -0.2) is 20.8 Å². The number of benzene rings is 2. The Morgan fingerprint density at radius 1 is 1.03 bits per heavy atom. The molecular weight excluding hydrogens is 462 g/mol. The molecule has 1 spiro atoms. The third-order valence-electron chi connectivity index (χ3n) is 6.79. The Hall–Kier alpha value is -2.97. The molecule has 2 aliphatic rings. The average Bonchev–Trinajstić information content (AvgIpc) is 3.55. The second kappa shape index (κ2) is 8.31. The van der Waals surface area contributed by atoms with Gasteiger partial charge in [-0.1, -0.05) is 38.1 Å². The summed E-state index contributed by atoms with van der Waals surface area (Å²) < 4.78 is 59.2. The van der Waals surface area contributed by atoms with Crippen LogP contribution in [0.1, 0.15) is 79.2 Å². The molecule has 1 fully saturated rings. The van der Waals surface area contributed by atoms with Crippen LogP contribution in [0.25, 0.3) is 11.1 Å². The minimum absolute atomic E-state index is 0.184. The summed E-state index contributed by atoms with van der Waals surface area (Å²) in [6.07, 6.45) is -4.77. The van der Waals surface area contributed by atoms with E-state index in [4.69, 9.17) is 9.72 Å². The van der Waals surface area contributed by atoms with Crippen molar-refractivity contribution in [3.63, 3.8) is 0 Å². The Bertz CT molecular complexity index is 1250. The summed E-state index contributed by atoms with van der Waals surface area (Å²) in [6.45, 7) is 3.77. The van der Waals surface area contributed by atoms with Gasteiger partial charge in [0, 0.05) is 17.5 Å². The van der Waals surface area contributed by atoms with Crippen molar-refractivity contribution in [1.82, 2.24) is 4.98 Å². The van der Waals surface area contributed by atoms with Crippen LogP contribution in [-0.2, 0) is 6.18 Å². The van der Waals surface area contributed by atoms with E-state index < -0.39 is 35.4 Å². The van der Waals surface area contributed by atoms with Crippen LogP contribution >= 0.6 is 0 Å². The number of aliphatic hydroxyl groups excluding tert-OH is 2. The van der Waals surface area contributed by atoms with E-state index in [1.54, 1.807) is 12.1 Å². The molecule has 4 nitrogen and oxygen atoms in total. The standard InChI is InChI=1S/C27H25F4NO3/c1-14(2)23-22(24(34)16-3-7-17(8-4-16)27(29,30)31)20(15-5-9-18(28)10-6-15)21-19(33)13-26(11-12-26)35-25(21)32-23/h3-10,14,19,24,33-34H,11-13H2,1-2H3/t19-,24?/m0/s1. The Labute approximate surface area is 200 Å². The molecule has 1 unspecified atom stereocenters. The molecule has 0 bridgehead atoms. The largest absolute Gasteiger partial charge is 0.471 e. The lowest BCUT2D eigenvalue weighted by Crippen LogP contribution is -2.30. The average molecular weight is 487 g/mol. The van der Waals surface area contributed by atoms with Gasteiger partial charge in [-0.3, -0.25) is 0 Å². The van der Waals surface area contributed by atoms with Crippen LogP contribution in [0.4, 0.5) is 17.6 Å². The fourth-order valence-corrected chi connectivity index (χ4v) is 4.81. The number of nitrogens with zero attached hydrogens (tertiary/aromatic N) is 1. The van der Waals surface area contributed by atoms with E-state index in [1.807, 2.05) is 13.8 Å². The van der Waals surface area contributed by atoms with Crippen LogP contribution in [0.3, 0.4) is 0 Å². The van der Waals surface area contributed by atoms with Crippen molar-refractivity contribution >= 4 is 0 Å². The topological polar surface area (TPSA) is 62.6 Å². The predicted molar refractivity (Wildman–Crippen MR) is 121 cm³/mol. The molecule has 2 atom stereocenters. The lowest BCUT2D eigenvalue weighted by molar-refractivity contribution is -0.137. The lowest BCUT2D eigenvalue weighted by atomic mass is 9.83. The Balaban J connectivity index is 1.74. The maximum absolute atomic E-state index is 13.8. The van der Waals surface area contributed by atoms with E-state index in [2.05, 4.69) is 0 Å². The summed E-state index contributed by atoms with van der Waals surface area (Å²) >= 11 is 0. The molecule has 3 aromatic rings. The number of hydrogen-bond acceptors (Lipinski definition) is 4. The molecule has 1 saturated carbocycles. The second-order valence-electron chi connectivity index (χ2n) is 9.69. The summed E-state index contributed by atoms with van der Waals surface area (Å²) in [5.74, 6) is -0.344. The zero-order valence-corrected chi connectivity index (χ0v) is 19.2. The van der Waals surface area contributed by atoms with E-state index in [0.29, 0.717) is 34.4 Å². The van der Waals surface area contributed by atoms with Crippen molar-refractivity contribution < 1.29 is 32.5 Å². The van der Waals surface area contributed by atoms with Crippen LogP contribution in [0.5, 0.6) is 5.88 Å². The molecule has 0 radical (unpaired) electrons. The Morgan fingerprint density at radius 2 is 1.66 bits per heavy atom. The molecule has 2 aromatic carbocycles. The maximum atomic E-state index is 13.8. The van der Waals surface area contributed by atoms with Crippen molar-refractivity contribution in [2.24, 2.45) is 0 Å². The molecule has 2 N–H and O–H groups in total. The van der Waals surface area contributed by atoms with Gasteiger partial charge in [0.2, 0.25) is 5.88 Å². The van der Waals surface area contributed by atoms with Gasteiger partial charge in [-0.25, -0.2) is 9.37 Å². The van der Waals surface area contributed by atoms with Crippen LogP contribution in [0, 0.1) is 5.82 Å². The van der Waals surface area contributed by atoms with E-state index in [-0.39, 0.29) is 17.4 Å². The number of aliphatic hydroxyl groups is 2. The number of halogens is 4. The Morgan fingerprint density at radius 3 is 2.20 bits per heavy atom. The van der Waals surface area contributed by atoms with Crippen LogP contribution < -0.4 is 4.74 Å². The van der Waals surface area contributed by atoms with Crippen molar-refractivity contribution in [3.05, 3.63) is 82.3 Å². The van der Waals surface area contributed by atoms with Gasteiger partial charge in [0.1, 0.15) is 17.5 Å². The highest BCUT2D eigenvalue weighted by molar-refractivity contribution is 5.76. The number of ether oxygens (including phenoxy) is 1.